The summed E-state index contributed by atoms with van der Waals surface area (Å²) >= 11 is 10.9. The normalized spacial score (nSPS) is 21.2. The Bertz CT molecular complexity index is 644. The third-order valence-electron chi connectivity index (χ3n) is 3.83. The van der Waals surface area contributed by atoms with E-state index in [0.717, 1.165) is 34.7 Å². The first-order chi connectivity index (χ1) is 10.7. The fourth-order valence-electron chi connectivity index (χ4n) is 2.77. The first-order valence-electron chi connectivity index (χ1n) is 7.42. The summed E-state index contributed by atoms with van der Waals surface area (Å²) in [5.41, 5.74) is 1.04. The standard InChI is InChI=1S/C16H18BrN3S2/c1-2-3-8-20-15(13-9-11(17)10-22-13)14(19-16(20)21)12-6-4-5-7-18-12/h4-7,9-10,14-15H,2-3,8H2,1H3,(H,19,21)/t14-,15-/m0/s1. The van der Waals surface area contributed by atoms with Crippen LogP contribution in [0.1, 0.15) is 42.4 Å². The van der Waals surface area contributed by atoms with Crippen molar-refractivity contribution in [1.82, 2.24) is 15.2 Å². The Labute approximate surface area is 148 Å². The van der Waals surface area contributed by atoms with Gasteiger partial charge in [-0.1, -0.05) is 19.4 Å². The fraction of sp³-hybridized carbons (Fsp3) is 0.375. The third-order valence-corrected chi connectivity index (χ3v) is 5.95. The van der Waals surface area contributed by atoms with Crippen molar-refractivity contribution in [2.75, 3.05) is 6.54 Å². The zero-order valence-corrected chi connectivity index (χ0v) is 15.5. The lowest BCUT2D eigenvalue weighted by Crippen LogP contribution is -2.30. The molecule has 0 aliphatic carbocycles. The van der Waals surface area contributed by atoms with Gasteiger partial charge in [0.25, 0.3) is 0 Å². The summed E-state index contributed by atoms with van der Waals surface area (Å²) in [5, 5.41) is 6.43. The molecule has 22 heavy (non-hydrogen) atoms. The number of hydrogen-bond donors (Lipinski definition) is 1. The summed E-state index contributed by atoms with van der Waals surface area (Å²) in [5.74, 6) is 0. The molecular formula is C16H18BrN3S2. The van der Waals surface area contributed by atoms with E-state index in [-0.39, 0.29) is 12.1 Å². The van der Waals surface area contributed by atoms with Gasteiger partial charge in [0.2, 0.25) is 0 Å². The monoisotopic (exact) mass is 395 g/mol. The van der Waals surface area contributed by atoms with E-state index in [1.807, 2.05) is 18.3 Å². The molecule has 1 fully saturated rings. The van der Waals surface area contributed by atoms with Gasteiger partial charge in [0.05, 0.1) is 17.8 Å². The maximum atomic E-state index is 5.59. The Kier molecular flexibility index (Phi) is 5.10. The highest BCUT2D eigenvalue weighted by Crippen LogP contribution is 2.41. The van der Waals surface area contributed by atoms with Crippen molar-refractivity contribution in [2.24, 2.45) is 0 Å². The second kappa shape index (κ2) is 7.06. The Hall–Kier alpha value is -0.980. The highest BCUT2D eigenvalue weighted by Gasteiger charge is 2.40. The van der Waals surface area contributed by atoms with Crippen LogP contribution in [0, 0.1) is 0 Å². The molecule has 0 saturated carbocycles. The van der Waals surface area contributed by atoms with Gasteiger partial charge < -0.3 is 10.2 Å². The van der Waals surface area contributed by atoms with E-state index in [1.54, 1.807) is 11.3 Å². The van der Waals surface area contributed by atoms with Crippen molar-refractivity contribution in [3.63, 3.8) is 0 Å². The number of aromatic nitrogens is 1. The lowest BCUT2D eigenvalue weighted by Gasteiger charge is -2.26. The minimum Gasteiger partial charge on any atom is -0.352 e. The number of nitrogens with zero attached hydrogens (tertiary/aromatic N) is 2. The van der Waals surface area contributed by atoms with Gasteiger partial charge in [-0.2, -0.15) is 0 Å². The van der Waals surface area contributed by atoms with Gasteiger partial charge in [-0.25, -0.2) is 0 Å². The molecule has 1 saturated heterocycles. The summed E-state index contributed by atoms with van der Waals surface area (Å²) in [6.07, 6.45) is 4.14. The van der Waals surface area contributed by atoms with Crippen LogP contribution < -0.4 is 5.32 Å². The number of unbranched alkanes of at least 4 members (excludes halogenated alkanes) is 1. The number of halogens is 1. The number of nitrogens with one attached hydrogen (secondary N) is 1. The van der Waals surface area contributed by atoms with Crippen LogP contribution >= 0.6 is 39.5 Å². The summed E-state index contributed by atoms with van der Waals surface area (Å²) < 4.78 is 1.13. The molecule has 2 aromatic heterocycles. The molecule has 0 aromatic carbocycles. The molecule has 6 heteroatoms. The Balaban J connectivity index is 1.96. The van der Waals surface area contributed by atoms with Crippen LogP contribution in [-0.4, -0.2) is 21.5 Å². The van der Waals surface area contributed by atoms with E-state index in [1.165, 1.54) is 4.88 Å². The lowest BCUT2D eigenvalue weighted by atomic mass is 10.0. The topological polar surface area (TPSA) is 28.2 Å². The highest BCUT2D eigenvalue weighted by molar-refractivity contribution is 9.10. The van der Waals surface area contributed by atoms with Gasteiger partial charge >= 0.3 is 0 Å². The molecule has 3 nitrogen and oxygen atoms in total. The summed E-state index contributed by atoms with van der Waals surface area (Å²) in [6.45, 7) is 3.19. The third kappa shape index (κ3) is 3.19. The second-order valence-electron chi connectivity index (χ2n) is 5.34. The average Bonchev–Trinajstić information content (AvgIpc) is 3.09. The van der Waals surface area contributed by atoms with Crippen LogP contribution in [0.3, 0.4) is 0 Å². The van der Waals surface area contributed by atoms with E-state index >= 15 is 0 Å². The van der Waals surface area contributed by atoms with Crippen LogP contribution in [0.15, 0.2) is 40.3 Å². The quantitative estimate of drug-likeness (QED) is 0.743. The van der Waals surface area contributed by atoms with Gasteiger partial charge in [-0.05, 0) is 52.8 Å². The number of pyridine rings is 1. The molecule has 116 valence electrons. The molecule has 1 N–H and O–H groups in total. The molecule has 3 heterocycles. The molecule has 1 aliphatic heterocycles. The van der Waals surface area contributed by atoms with Crippen molar-refractivity contribution < 1.29 is 0 Å². The zero-order valence-electron chi connectivity index (χ0n) is 12.3. The highest BCUT2D eigenvalue weighted by atomic mass is 79.9. The molecule has 2 atom stereocenters. The summed E-state index contributed by atoms with van der Waals surface area (Å²) in [7, 11) is 0. The Morgan fingerprint density at radius 2 is 2.32 bits per heavy atom. The number of thiophene rings is 1. The molecule has 2 aromatic rings. The molecule has 0 amide bonds. The molecule has 1 aliphatic rings. The maximum absolute atomic E-state index is 5.59. The van der Waals surface area contributed by atoms with Crippen LogP contribution in [-0.2, 0) is 0 Å². The van der Waals surface area contributed by atoms with E-state index in [2.05, 4.69) is 55.6 Å². The number of thiocarbonyl (C=S) groups is 1. The van der Waals surface area contributed by atoms with Crippen LogP contribution in [0.5, 0.6) is 0 Å². The van der Waals surface area contributed by atoms with Crippen molar-refractivity contribution >= 4 is 44.6 Å². The van der Waals surface area contributed by atoms with E-state index in [4.69, 9.17) is 12.2 Å². The van der Waals surface area contributed by atoms with E-state index in [9.17, 15) is 0 Å². The van der Waals surface area contributed by atoms with Crippen LogP contribution in [0.25, 0.3) is 0 Å². The van der Waals surface area contributed by atoms with Gasteiger partial charge in [-0.3, -0.25) is 4.98 Å². The minimum absolute atomic E-state index is 0.108. The largest absolute Gasteiger partial charge is 0.352 e. The van der Waals surface area contributed by atoms with E-state index < -0.39 is 0 Å². The maximum Gasteiger partial charge on any atom is 0.170 e. The van der Waals surface area contributed by atoms with Gasteiger partial charge in [-0.15, -0.1) is 11.3 Å². The van der Waals surface area contributed by atoms with Crippen LogP contribution in [0.4, 0.5) is 0 Å². The second-order valence-corrected chi connectivity index (χ2v) is 7.59. The van der Waals surface area contributed by atoms with Gasteiger partial charge in [0, 0.05) is 27.5 Å². The smallest absolute Gasteiger partial charge is 0.170 e. The molecule has 0 bridgehead atoms. The Morgan fingerprint density at radius 1 is 1.45 bits per heavy atom. The van der Waals surface area contributed by atoms with Crippen molar-refractivity contribution in [1.29, 1.82) is 0 Å². The number of hydrogen-bond acceptors (Lipinski definition) is 3. The summed E-state index contributed by atoms with van der Waals surface area (Å²) in [4.78, 5) is 8.16. The zero-order chi connectivity index (χ0) is 15.5. The van der Waals surface area contributed by atoms with Crippen molar-refractivity contribution in [2.45, 2.75) is 31.8 Å². The van der Waals surface area contributed by atoms with Gasteiger partial charge in [0.15, 0.2) is 5.11 Å². The number of rotatable bonds is 5. The first-order valence-corrected chi connectivity index (χ1v) is 9.50. The van der Waals surface area contributed by atoms with Gasteiger partial charge in [0.1, 0.15) is 0 Å². The molecule has 3 rings (SSSR count). The van der Waals surface area contributed by atoms with E-state index in [0.29, 0.717) is 0 Å². The molecule has 0 unspecified atom stereocenters. The average molecular weight is 396 g/mol. The van der Waals surface area contributed by atoms with Crippen molar-refractivity contribution in [3.05, 3.63) is 50.9 Å². The molecule has 0 radical (unpaired) electrons. The molecular weight excluding hydrogens is 378 g/mol. The predicted molar refractivity (Wildman–Crippen MR) is 99.1 cm³/mol. The lowest BCUT2D eigenvalue weighted by molar-refractivity contribution is 0.317. The molecule has 0 spiro atoms. The summed E-state index contributed by atoms with van der Waals surface area (Å²) in [6, 6.07) is 8.56. The predicted octanol–water partition coefficient (Wildman–Crippen LogP) is 4.68. The first kappa shape index (κ1) is 15.9. The van der Waals surface area contributed by atoms with Crippen molar-refractivity contribution in [3.8, 4) is 0 Å². The van der Waals surface area contributed by atoms with Crippen LogP contribution in [0.2, 0.25) is 0 Å². The fourth-order valence-corrected chi connectivity index (χ4v) is 4.69. The minimum atomic E-state index is 0.108. The SMILES string of the molecule is CCCCN1C(=S)N[C@@H](c2ccccn2)[C@@H]1c1cc(Br)cs1. The Morgan fingerprint density at radius 3 is 2.95 bits per heavy atom.